The predicted molar refractivity (Wildman–Crippen MR) is 57.1 cm³/mol. The van der Waals surface area contributed by atoms with Crippen molar-refractivity contribution in [2.75, 3.05) is 11.9 Å². The third-order valence-electron chi connectivity index (χ3n) is 2.80. The third kappa shape index (κ3) is 2.24. The lowest BCUT2D eigenvalue weighted by Gasteiger charge is -2.07. The van der Waals surface area contributed by atoms with Gasteiger partial charge in [-0.1, -0.05) is 6.07 Å². The Morgan fingerprint density at radius 2 is 2.00 bits per heavy atom. The van der Waals surface area contributed by atoms with Gasteiger partial charge in [-0.05, 0) is 55.9 Å². The van der Waals surface area contributed by atoms with Gasteiger partial charge in [-0.3, -0.25) is 0 Å². The molecule has 1 aliphatic carbocycles. The molecule has 0 radical (unpaired) electrons. The van der Waals surface area contributed by atoms with Crippen molar-refractivity contribution in [2.24, 2.45) is 5.92 Å². The van der Waals surface area contributed by atoms with Crippen LogP contribution < -0.4 is 5.32 Å². The summed E-state index contributed by atoms with van der Waals surface area (Å²) in [5, 5.41) is 3.47. The molecule has 1 aromatic rings. The maximum Gasteiger partial charge on any atom is 0.0343 e. The highest BCUT2D eigenvalue weighted by molar-refractivity contribution is 5.48. The van der Waals surface area contributed by atoms with E-state index in [9.17, 15) is 0 Å². The molecule has 0 aliphatic heterocycles. The van der Waals surface area contributed by atoms with Gasteiger partial charge in [0.1, 0.15) is 0 Å². The highest BCUT2D eigenvalue weighted by atomic mass is 14.9. The molecule has 1 N–H and O–H groups in total. The summed E-state index contributed by atoms with van der Waals surface area (Å²) in [6, 6.07) is 6.59. The molecule has 2 rings (SSSR count). The van der Waals surface area contributed by atoms with Gasteiger partial charge in [0.2, 0.25) is 0 Å². The van der Waals surface area contributed by atoms with E-state index in [2.05, 4.69) is 37.4 Å². The second-order valence-corrected chi connectivity index (χ2v) is 4.12. The summed E-state index contributed by atoms with van der Waals surface area (Å²) in [6.45, 7) is 5.47. The van der Waals surface area contributed by atoms with Crippen LogP contribution in [0.5, 0.6) is 0 Å². The number of rotatable bonds is 3. The first-order chi connectivity index (χ1) is 6.25. The van der Waals surface area contributed by atoms with Crippen LogP contribution in [0.15, 0.2) is 18.2 Å². The highest BCUT2D eigenvalue weighted by Crippen LogP contribution is 2.29. The van der Waals surface area contributed by atoms with Crippen molar-refractivity contribution in [3.63, 3.8) is 0 Å². The SMILES string of the molecule is Cc1ccc(NCC2CC2)cc1C. The van der Waals surface area contributed by atoms with E-state index in [1.54, 1.807) is 0 Å². The second-order valence-electron chi connectivity index (χ2n) is 4.12. The predicted octanol–water partition coefficient (Wildman–Crippen LogP) is 3.13. The van der Waals surface area contributed by atoms with Crippen molar-refractivity contribution in [2.45, 2.75) is 26.7 Å². The summed E-state index contributed by atoms with van der Waals surface area (Å²) in [7, 11) is 0. The molecular weight excluding hydrogens is 158 g/mol. The van der Waals surface area contributed by atoms with E-state index in [1.807, 2.05) is 0 Å². The minimum absolute atomic E-state index is 0.946. The smallest absolute Gasteiger partial charge is 0.0343 e. The van der Waals surface area contributed by atoms with Crippen LogP contribution in [0.1, 0.15) is 24.0 Å². The van der Waals surface area contributed by atoms with Crippen LogP contribution in [0.2, 0.25) is 0 Å². The molecule has 0 saturated heterocycles. The van der Waals surface area contributed by atoms with Crippen molar-refractivity contribution in [3.05, 3.63) is 29.3 Å². The zero-order valence-corrected chi connectivity index (χ0v) is 8.43. The lowest BCUT2D eigenvalue weighted by Crippen LogP contribution is -2.03. The van der Waals surface area contributed by atoms with Gasteiger partial charge < -0.3 is 5.32 Å². The summed E-state index contributed by atoms with van der Waals surface area (Å²) < 4.78 is 0. The molecule has 1 heteroatoms. The maximum absolute atomic E-state index is 3.47. The fourth-order valence-electron chi connectivity index (χ4n) is 1.44. The first-order valence-corrected chi connectivity index (χ1v) is 5.07. The van der Waals surface area contributed by atoms with Gasteiger partial charge in [-0.15, -0.1) is 0 Å². The van der Waals surface area contributed by atoms with Crippen LogP contribution in [0.3, 0.4) is 0 Å². The Bertz CT molecular complexity index is 300. The first kappa shape index (κ1) is 8.61. The summed E-state index contributed by atoms with van der Waals surface area (Å²) in [5.74, 6) is 0.946. The summed E-state index contributed by atoms with van der Waals surface area (Å²) in [5.41, 5.74) is 4.02. The number of anilines is 1. The van der Waals surface area contributed by atoms with Gasteiger partial charge in [-0.25, -0.2) is 0 Å². The molecule has 0 heterocycles. The molecule has 0 amide bonds. The molecule has 0 unspecified atom stereocenters. The van der Waals surface area contributed by atoms with Gasteiger partial charge in [-0.2, -0.15) is 0 Å². The molecule has 1 fully saturated rings. The average molecular weight is 175 g/mol. The summed E-state index contributed by atoms with van der Waals surface area (Å²) in [6.07, 6.45) is 2.83. The average Bonchev–Trinajstić information content (AvgIpc) is 2.91. The molecule has 1 saturated carbocycles. The quantitative estimate of drug-likeness (QED) is 0.744. The topological polar surface area (TPSA) is 12.0 Å². The highest BCUT2D eigenvalue weighted by Gasteiger charge is 2.20. The van der Waals surface area contributed by atoms with Gasteiger partial charge >= 0.3 is 0 Å². The molecule has 1 nitrogen and oxygen atoms in total. The van der Waals surface area contributed by atoms with Crippen LogP contribution in [0.25, 0.3) is 0 Å². The van der Waals surface area contributed by atoms with Gasteiger partial charge in [0.05, 0.1) is 0 Å². The largest absolute Gasteiger partial charge is 0.385 e. The van der Waals surface area contributed by atoms with E-state index in [0.29, 0.717) is 0 Å². The Morgan fingerprint density at radius 1 is 1.23 bits per heavy atom. The van der Waals surface area contributed by atoms with E-state index in [0.717, 1.165) is 12.5 Å². The van der Waals surface area contributed by atoms with Crippen LogP contribution in [0, 0.1) is 19.8 Å². The molecule has 0 aromatic heterocycles. The fourth-order valence-corrected chi connectivity index (χ4v) is 1.44. The van der Waals surface area contributed by atoms with Crippen LogP contribution in [-0.2, 0) is 0 Å². The number of benzene rings is 1. The number of nitrogens with one attached hydrogen (secondary N) is 1. The molecule has 1 aromatic carbocycles. The molecule has 0 spiro atoms. The number of hydrogen-bond donors (Lipinski definition) is 1. The lowest BCUT2D eigenvalue weighted by molar-refractivity contribution is 0.889. The molecule has 0 atom stereocenters. The third-order valence-corrected chi connectivity index (χ3v) is 2.80. The van der Waals surface area contributed by atoms with E-state index in [4.69, 9.17) is 0 Å². The zero-order valence-electron chi connectivity index (χ0n) is 8.43. The Hall–Kier alpha value is -0.980. The Morgan fingerprint density at radius 3 is 2.62 bits per heavy atom. The number of aryl methyl sites for hydroxylation is 2. The van der Waals surface area contributed by atoms with E-state index >= 15 is 0 Å². The van der Waals surface area contributed by atoms with Gasteiger partial charge in [0, 0.05) is 12.2 Å². The van der Waals surface area contributed by atoms with E-state index in [1.165, 1.54) is 29.7 Å². The molecule has 1 aliphatic rings. The van der Waals surface area contributed by atoms with E-state index in [-0.39, 0.29) is 0 Å². The van der Waals surface area contributed by atoms with Crippen LogP contribution in [0.4, 0.5) is 5.69 Å². The standard InChI is InChI=1S/C12H17N/c1-9-3-6-12(7-10(9)2)13-8-11-4-5-11/h3,6-7,11,13H,4-5,8H2,1-2H3. The van der Waals surface area contributed by atoms with Crippen LogP contribution in [-0.4, -0.2) is 6.54 Å². The monoisotopic (exact) mass is 175 g/mol. The summed E-state index contributed by atoms with van der Waals surface area (Å²) in [4.78, 5) is 0. The van der Waals surface area contributed by atoms with Crippen molar-refractivity contribution >= 4 is 5.69 Å². The minimum atomic E-state index is 0.946. The van der Waals surface area contributed by atoms with Crippen molar-refractivity contribution in [1.29, 1.82) is 0 Å². The second kappa shape index (κ2) is 3.41. The minimum Gasteiger partial charge on any atom is -0.385 e. The first-order valence-electron chi connectivity index (χ1n) is 5.07. The number of hydrogen-bond acceptors (Lipinski definition) is 1. The van der Waals surface area contributed by atoms with Gasteiger partial charge in [0.25, 0.3) is 0 Å². The molecule has 70 valence electrons. The molecular formula is C12H17N. The normalized spacial score (nSPS) is 15.8. The molecule has 0 bridgehead atoms. The Labute approximate surface area is 80.2 Å². The Balaban J connectivity index is 1.98. The molecule has 13 heavy (non-hydrogen) atoms. The lowest BCUT2D eigenvalue weighted by atomic mass is 10.1. The zero-order chi connectivity index (χ0) is 9.26. The van der Waals surface area contributed by atoms with Crippen molar-refractivity contribution in [1.82, 2.24) is 0 Å². The maximum atomic E-state index is 3.47. The van der Waals surface area contributed by atoms with Crippen LogP contribution >= 0.6 is 0 Å². The fraction of sp³-hybridized carbons (Fsp3) is 0.500. The summed E-state index contributed by atoms with van der Waals surface area (Å²) >= 11 is 0. The van der Waals surface area contributed by atoms with Gasteiger partial charge in [0.15, 0.2) is 0 Å². The van der Waals surface area contributed by atoms with Crippen molar-refractivity contribution < 1.29 is 0 Å². The Kier molecular flexibility index (Phi) is 2.26. The van der Waals surface area contributed by atoms with E-state index < -0.39 is 0 Å². The van der Waals surface area contributed by atoms with Crippen molar-refractivity contribution in [3.8, 4) is 0 Å².